The Labute approximate surface area is 114 Å². The maximum atomic E-state index is 11.3. The van der Waals surface area contributed by atoms with Gasteiger partial charge in [0.05, 0.1) is 5.69 Å². The van der Waals surface area contributed by atoms with Gasteiger partial charge in [0.1, 0.15) is 4.90 Å². The minimum Gasteiger partial charge on any atom is -0.398 e. The molecule has 1 aromatic rings. The molecule has 1 saturated carbocycles. The number of nitrogens with two attached hydrogens (primary N) is 2. The van der Waals surface area contributed by atoms with Crippen molar-refractivity contribution < 1.29 is 8.42 Å². The second-order valence-electron chi connectivity index (χ2n) is 5.40. The highest BCUT2D eigenvalue weighted by molar-refractivity contribution is 7.89. The number of nitrogen functional groups attached to an aromatic ring is 1. The molecule has 0 amide bonds. The molecule has 0 heterocycles. The second kappa shape index (κ2) is 5.02. The maximum Gasteiger partial charge on any atom is 0.240 e. The van der Waals surface area contributed by atoms with E-state index in [0.29, 0.717) is 5.41 Å². The van der Waals surface area contributed by atoms with Gasteiger partial charge in [0.25, 0.3) is 0 Å². The van der Waals surface area contributed by atoms with E-state index in [1.807, 2.05) is 0 Å². The molecule has 2 rings (SSSR count). The van der Waals surface area contributed by atoms with Crippen molar-refractivity contribution >= 4 is 21.4 Å². The number of benzene rings is 1. The highest BCUT2D eigenvalue weighted by atomic mass is 32.2. The summed E-state index contributed by atoms with van der Waals surface area (Å²) in [7, 11) is -3.74. The fourth-order valence-electron chi connectivity index (χ4n) is 2.43. The van der Waals surface area contributed by atoms with Gasteiger partial charge in [-0.15, -0.1) is 0 Å². The monoisotopic (exact) mass is 283 g/mol. The van der Waals surface area contributed by atoms with Gasteiger partial charge in [-0.2, -0.15) is 0 Å². The van der Waals surface area contributed by atoms with E-state index in [1.165, 1.54) is 31.7 Å². The Hall–Kier alpha value is -1.27. The van der Waals surface area contributed by atoms with E-state index >= 15 is 0 Å². The van der Waals surface area contributed by atoms with Crippen LogP contribution in [0.25, 0.3) is 0 Å². The Balaban J connectivity index is 2.05. The van der Waals surface area contributed by atoms with Crippen LogP contribution in [0.3, 0.4) is 0 Å². The van der Waals surface area contributed by atoms with Gasteiger partial charge < -0.3 is 11.1 Å². The molecule has 0 saturated heterocycles. The molecule has 0 unspecified atom stereocenters. The topological polar surface area (TPSA) is 98.2 Å². The third kappa shape index (κ3) is 3.39. The molecule has 0 spiro atoms. The molecule has 1 fully saturated rings. The lowest BCUT2D eigenvalue weighted by atomic mass is 10.0. The summed E-state index contributed by atoms with van der Waals surface area (Å²) in [5.74, 6) is 0. The zero-order chi connectivity index (χ0) is 14.1. The van der Waals surface area contributed by atoms with E-state index < -0.39 is 10.0 Å². The van der Waals surface area contributed by atoms with Crippen molar-refractivity contribution in [1.82, 2.24) is 0 Å². The predicted octanol–water partition coefficient (Wildman–Crippen LogP) is 1.91. The molecule has 5 nitrogen and oxygen atoms in total. The summed E-state index contributed by atoms with van der Waals surface area (Å²) in [6, 6.07) is 4.78. The molecule has 1 aliphatic carbocycles. The Morgan fingerprint density at radius 3 is 2.53 bits per heavy atom. The van der Waals surface area contributed by atoms with Gasteiger partial charge in [0.2, 0.25) is 10.0 Å². The molecule has 0 aliphatic heterocycles. The van der Waals surface area contributed by atoms with Crippen molar-refractivity contribution in [2.24, 2.45) is 10.6 Å². The van der Waals surface area contributed by atoms with Crippen LogP contribution in [0.2, 0.25) is 0 Å². The van der Waals surface area contributed by atoms with Crippen molar-refractivity contribution in [2.75, 3.05) is 17.6 Å². The number of hydrogen-bond donors (Lipinski definition) is 3. The summed E-state index contributed by atoms with van der Waals surface area (Å²) in [6.07, 6.45) is 4.94. The van der Waals surface area contributed by atoms with E-state index in [9.17, 15) is 8.42 Å². The van der Waals surface area contributed by atoms with Crippen LogP contribution < -0.4 is 16.2 Å². The normalized spacial score (nSPS) is 17.2. The number of hydrogen-bond acceptors (Lipinski definition) is 4. The molecule has 106 valence electrons. The van der Waals surface area contributed by atoms with Crippen molar-refractivity contribution in [1.29, 1.82) is 0 Å². The first-order valence-electron chi connectivity index (χ1n) is 6.52. The smallest absolute Gasteiger partial charge is 0.240 e. The molecule has 0 bridgehead atoms. The molecule has 0 atom stereocenters. The van der Waals surface area contributed by atoms with E-state index in [2.05, 4.69) is 12.2 Å². The number of rotatable bonds is 6. The summed E-state index contributed by atoms with van der Waals surface area (Å²) >= 11 is 0. The first-order chi connectivity index (χ1) is 8.86. The second-order valence-corrected chi connectivity index (χ2v) is 6.93. The molecule has 1 aliphatic rings. The average Bonchev–Trinajstić information content (AvgIpc) is 3.06. The number of nitrogens with one attached hydrogen (secondary N) is 1. The van der Waals surface area contributed by atoms with Crippen molar-refractivity contribution in [3.8, 4) is 0 Å². The van der Waals surface area contributed by atoms with Crippen molar-refractivity contribution in [2.45, 2.75) is 37.5 Å². The molecule has 6 heteroatoms. The largest absolute Gasteiger partial charge is 0.398 e. The molecule has 0 radical (unpaired) electrons. The van der Waals surface area contributed by atoms with Gasteiger partial charge in [-0.3, -0.25) is 0 Å². The summed E-state index contributed by atoms with van der Waals surface area (Å²) in [5, 5.41) is 8.41. The van der Waals surface area contributed by atoms with E-state index in [1.54, 1.807) is 12.1 Å². The van der Waals surface area contributed by atoms with Crippen molar-refractivity contribution in [3.63, 3.8) is 0 Å². The zero-order valence-electron chi connectivity index (χ0n) is 11.1. The first kappa shape index (κ1) is 14.1. The quantitative estimate of drug-likeness (QED) is 0.694. The Morgan fingerprint density at radius 2 is 2.05 bits per heavy atom. The SMILES string of the molecule is CCCC1(CNc2ccc(S(N)(=O)=O)c(N)c2)CC1. The van der Waals surface area contributed by atoms with Gasteiger partial charge in [0, 0.05) is 12.2 Å². The minimum absolute atomic E-state index is 0.0206. The maximum absolute atomic E-state index is 11.3. The van der Waals surface area contributed by atoms with Gasteiger partial charge in [-0.25, -0.2) is 13.6 Å². The van der Waals surface area contributed by atoms with Crippen LogP contribution in [-0.4, -0.2) is 15.0 Å². The van der Waals surface area contributed by atoms with Gasteiger partial charge in [0.15, 0.2) is 0 Å². The van der Waals surface area contributed by atoms with Crippen LogP contribution in [0.15, 0.2) is 23.1 Å². The third-order valence-electron chi connectivity index (χ3n) is 3.72. The van der Waals surface area contributed by atoms with Crippen molar-refractivity contribution in [3.05, 3.63) is 18.2 Å². The van der Waals surface area contributed by atoms with E-state index in [-0.39, 0.29) is 10.6 Å². The highest BCUT2D eigenvalue weighted by Gasteiger charge is 2.41. The first-order valence-corrected chi connectivity index (χ1v) is 8.07. The molecule has 19 heavy (non-hydrogen) atoms. The summed E-state index contributed by atoms with van der Waals surface area (Å²) < 4.78 is 22.5. The predicted molar refractivity (Wildman–Crippen MR) is 77.3 cm³/mol. The third-order valence-corrected chi connectivity index (χ3v) is 4.71. The van der Waals surface area contributed by atoms with Gasteiger partial charge in [-0.05, 0) is 42.9 Å². The molecule has 1 aromatic carbocycles. The molecule has 5 N–H and O–H groups in total. The number of sulfonamides is 1. The summed E-state index contributed by atoms with van der Waals surface area (Å²) in [5.41, 5.74) is 7.18. The Morgan fingerprint density at radius 1 is 1.37 bits per heavy atom. The number of anilines is 2. The lowest BCUT2D eigenvalue weighted by Crippen LogP contribution is -2.17. The average molecular weight is 283 g/mol. The van der Waals surface area contributed by atoms with Crippen LogP contribution in [0.1, 0.15) is 32.6 Å². The summed E-state index contributed by atoms with van der Waals surface area (Å²) in [6.45, 7) is 3.11. The number of primary sulfonamides is 1. The minimum atomic E-state index is -3.74. The highest BCUT2D eigenvalue weighted by Crippen LogP contribution is 2.49. The van der Waals surface area contributed by atoms with Crippen LogP contribution in [0, 0.1) is 5.41 Å². The fraction of sp³-hybridized carbons (Fsp3) is 0.538. The fourth-order valence-corrected chi connectivity index (χ4v) is 3.07. The van der Waals surface area contributed by atoms with E-state index in [0.717, 1.165) is 12.2 Å². The lowest BCUT2D eigenvalue weighted by molar-refractivity contribution is 0.486. The summed E-state index contributed by atoms with van der Waals surface area (Å²) in [4.78, 5) is -0.0206. The molecule has 0 aromatic heterocycles. The van der Waals surface area contributed by atoms with Gasteiger partial charge >= 0.3 is 0 Å². The van der Waals surface area contributed by atoms with Gasteiger partial charge in [-0.1, -0.05) is 13.3 Å². The Kier molecular flexibility index (Phi) is 3.73. The van der Waals surface area contributed by atoms with Crippen LogP contribution >= 0.6 is 0 Å². The lowest BCUT2D eigenvalue weighted by Gasteiger charge is -2.16. The zero-order valence-corrected chi connectivity index (χ0v) is 12.0. The standard InChI is InChI=1S/C13H21N3O2S/c1-2-5-13(6-7-13)9-16-10-3-4-12(11(14)8-10)19(15,17)18/h3-4,8,16H,2,5-7,9,14H2,1H3,(H2,15,17,18). The molecular formula is C13H21N3O2S. The van der Waals surface area contributed by atoms with Crippen LogP contribution in [0.4, 0.5) is 11.4 Å². The van der Waals surface area contributed by atoms with Crippen LogP contribution in [0.5, 0.6) is 0 Å². The Bertz CT molecular complexity index is 565. The van der Waals surface area contributed by atoms with E-state index in [4.69, 9.17) is 10.9 Å². The van der Waals surface area contributed by atoms with Crippen LogP contribution in [-0.2, 0) is 10.0 Å². The molecular weight excluding hydrogens is 262 g/mol.